The van der Waals surface area contributed by atoms with Crippen LogP contribution in [0.2, 0.25) is 10.4 Å². The van der Waals surface area contributed by atoms with Gasteiger partial charge in [0.1, 0.15) is 5.15 Å². The molecule has 0 aromatic carbocycles. The summed E-state index contributed by atoms with van der Waals surface area (Å²) in [5.41, 5.74) is 1.28. The summed E-state index contributed by atoms with van der Waals surface area (Å²) in [7, 11) is 0. The highest BCUT2D eigenvalue weighted by Crippen LogP contribution is 2.24. The predicted octanol–water partition coefficient (Wildman–Crippen LogP) is 3.03. The van der Waals surface area contributed by atoms with E-state index < -0.39 is 0 Å². The standard InChI is InChI=1S/C6H2BrCl2N3/c7-2-1-3-5(11-4(2)8)12-6(9)10-3/h1H,(H,10,11,12). The van der Waals surface area contributed by atoms with Gasteiger partial charge in [-0.2, -0.15) is 4.98 Å². The van der Waals surface area contributed by atoms with Gasteiger partial charge in [0, 0.05) is 0 Å². The van der Waals surface area contributed by atoms with Crippen molar-refractivity contribution in [3.05, 3.63) is 21.0 Å². The van der Waals surface area contributed by atoms with E-state index >= 15 is 0 Å². The maximum Gasteiger partial charge on any atom is 0.202 e. The average Bonchev–Trinajstić information content (AvgIpc) is 2.30. The van der Waals surface area contributed by atoms with Crippen molar-refractivity contribution in [2.75, 3.05) is 0 Å². The highest BCUT2D eigenvalue weighted by atomic mass is 79.9. The third-order valence-electron chi connectivity index (χ3n) is 1.35. The lowest BCUT2D eigenvalue weighted by molar-refractivity contribution is 1.30. The smallest absolute Gasteiger partial charge is 0.202 e. The molecule has 0 atom stereocenters. The van der Waals surface area contributed by atoms with Crippen LogP contribution < -0.4 is 0 Å². The summed E-state index contributed by atoms with van der Waals surface area (Å²) in [6, 6.07) is 1.78. The number of aromatic nitrogens is 3. The van der Waals surface area contributed by atoms with E-state index in [9.17, 15) is 0 Å². The van der Waals surface area contributed by atoms with Crippen LogP contribution in [-0.2, 0) is 0 Å². The SMILES string of the molecule is Clc1nc2nc(Cl)c(Br)cc2[nH]1. The molecule has 0 saturated heterocycles. The van der Waals surface area contributed by atoms with Crippen molar-refractivity contribution < 1.29 is 0 Å². The summed E-state index contributed by atoms with van der Waals surface area (Å²) < 4.78 is 0.719. The number of fused-ring (bicyclic) bond motifs is 1. The Labute approximate surface area is 86.2 Å². The number of rotatable bonds is 0. The van der Waals surface area contributed by atoms with E-state index in [2.05, 4.69) is 30.9 Å². The summed E-state index contributed by atoms with van der Waals surface area (Å²) in [5, 5.41) is 0.692. The van der Waals surface area contributed by atoms with E-state index in [0.29, 0.717) is 16.1 Å². The summed E-state index contributed by atoms with van der Waals surface area (Å²) in [6.07, 6.45) is 0. The van der Waals surface area contributed by atoms with E-state index in [1.165, 1.54) is 0 Å². The van der Waals surface area contributed by atoms with Crippen LogP contribution in [0.4, 0.5) is 0 Å². The molecule has 1 N–H and O–H groups in total. The molecule has 12 heavy (non-hydrogen) atoms. The zero-order chi connectivity index (χ0) is 8.72. The highest BCUT2D eigenvalue weighted by Gasteiger charge is 2.05. The van der Waals surface area contributed by atoms with Crippen molar-refractivity contribution in [1.82, 2.24) is 15.0 Å². The minimum atomic E-state index is 0.312. The maximum atomic E-state index is 5.74. The van der Waals surface area contributed by atoms with Crippen LogP contribution in [0.5, 0.6) is 0 Å². The van der Waals surface area contributed by atoms with Crippen LogP contribution in [0.25, 0.3) is 11.2 Å². The second-order valence-electron chi connectivity index (χ2n) is 2.16. The lowest BCUT2D eigenvalue weighted by Crippen LogP contribution is -1.79. The Hall–Kier alpha value is -0.320. The Morgan fingerprint density at radius 3 is 2.83 bits per heavy atom. The predicted molar refractivity (Wildman–Crippen MR) is 51.6 cm³/mol. The van der Waals surface area contributed by atoms with Crippen molar-refractivity contribution in [3.8, 4) is 0 Å². The third kappa shape index (κ3) is 1.30. The van der Waals surface area contributed by atoms with Gasteiger partial charge in [-0.05, 0) is 33.6 Å². The fourth-order valence-corrected chi connectivity index (χ4v) is 1.50. The fourth-order valence-electron chi connectivity index (χ4n) is 0.867. The van der Waals surface area contributed by atoms with Crippen molar-refractivity contribution >= 4 is 50.3 Å². The van der Waals surface area contributed by atoms with E-state index in [4.69, 9.17) is 23.2 Å². The van der Waals surface area contributed by atoms with Crippen LogP contribution in [0.3, 0.4) is 0 Å². The zero-order valence-corrected chi connectivity index (χ0v) is 8.70. The third-order valence-corrected chi connectivity index (χ3v) is 2.65. The lowest BCUT2D eigenvalue weighted by Gasteiger charge is -1.92. The molecule has 6 heteroatoms. The minimum Gasteiger partial charge on any atom is -0.327 e. The zero-order valence-electron chi connectivity index (χ0n) is 5.61. The van der Waals surface area contributed by atoms with E-state index in [-0.39, 0.29) is 0 Å². The van der Waals surface area contributed by atoms with Gasteiger partial charge in [0.25, 0.3) is 0 Å². The molecule has 0 spiro atoms. The number of imidazole rings is 1. The monoisotopic (exact) mass is 265 g/mol. The molecule has 0 saturated carbocycles. The first kappa shape index (κ1) is 8.29. The molecule has 0 fully saturated rings. The number of nitrogens with zero attached hydrogens (tertiary/aromatic N) is 2. The van der Waals surface area contributed by atoms with Gasteiger partial charge in [0.15, 0.2) is 5.65 Å². The van der Waals surface area contributed by atoms with Crippen molar-refractivity contribution in [2.24, 2.45) is 0 Å². The topological polar surface area (TPSA) is 41.6 Å². The fraction of sp³-hybridized carbons (Fsp3) is 0. The molecule has 0 bridgehead atoms. The molecule has 3 nitrogen and oxygen atoms in total. The maximum absolute atomic E-state index is 5.74. The van der Waals surface area contributed by atoms with Crippen molar-refractivity contribution in [2.45, 2.75) is 0 Å². The normalized spacial score (nSPS) is 10.9. The van der Waals surface area contributed by atoms with Crippen molar-refractivity contribution in [1.29, 1.82) is 0 Å². The highest BCUT2D eigenvalue weighted by molar-refractivity contribution is 9.10. The van der Waals surface area contributed by atoms with Gasteiger partial charge in [-0.3, -0.25) is 0 Å². The van der Waals surface area contributed by atoms with Gasteiger partial charge in [0.2, 0.25) is 5.28 Å². The second kappa shape index (κ2) is 2.87. The summed E-state index contributed by atoms with van der Waals surface area (Å²) in [5.74, 6) is 0. The molecule has 2 heterocycles. The molecule has 0 aliphatic rings. The molecular weight excluding hydrogens is 265 g/mol. The average molecular weight is 267 g/mol. The van der Waals surface area contributed by atoms with Crippen molar-refractivity contribution in [3.63, 3.8) is 0 Å². The molecule has 0 aliphatic heterocycles. The largest absolute Gasteiger partial charge is 0.327 e. The first-order chi connectivity index (χ1) is 5.66. The van der Waals surface area contributed by atoms with Crippen LogP contribution >= 0.6 is 39.1 Å². The molecule has 0 amide bonds. The Bertz CT molecular complexity index is 401. The molecule has 2 rings (SSSR count). The van der Waals surface area contributed by atoms with Gasteiger partial charge >= 0.3 is 0 Å². The number of aromatic amines is 1. The molecule has 0 radical (unpaired) electrons. The van der Waals surface area contributed by atoms with Gasteiger partial charge in [-0.1, -0.05) is 11.6 Å². The number of nitrogens with one attached hydrogen (secondary N) is 1. The van der Waals surface area contributed by atoms with E-state index in [0.717, 1.165) is 9.99 Å². The second-order valence-corrected chi connectivity index (χ2v) is 3.73. The Morgan fingerprint density at radius 2 is 2.08 bits per heavy atom. The van der Waals surface area contributed by atoms with E-state index in [1.54, 1.807) is 6.07 Å². The number of H-pyrrole nitrogens is 1. The van der Waals surface area contributed by atoms with E-state index in [1.807, 2.05) is 0 Å². The number of hydrogen-bond acceptors (Lipinski definition) is 2. The minimum absolute atomic E-state index is 0.312. The van der Waals surface area contributed by atoms with Gasteiger partial charge < -0.3 is 4.98 Å². The Kier molecular flexibility index (Phi) is 1.98. The summed E-state index contributed by atoms with van der Waals surface area (Å²) >= 11 is 14.6. The van der Waals surface area contributed by atoms with Crippen LogP contribution in [0.15, 0.2) is 10.5 Å². The quantitative estimate of drug-likeness (QED) is 0.745. The number of halogens is 3. The molecule has 0 aliphatic carbocycles. The molecule has 0 unspecified atom stereocenters. The lowest BCUT2D eigenvalue weighted by atomic mass is 10.4. The summed E-state index contributed by atoms with van der Waals surface area (Å²) in [4.78, 5) is 10.7. The summed E-state index contributed by atoms with van der Waals surface area (Å²) in [6.45, 7) is 0. The first-order valence-electron chi connectivity index (χ1n) is 3.04. The van der Waals surface area contributed by atoms with Gasteiger partial charge in [0.05, 0.1) is 9.99 Å². The molecule has 2 aromatic heterocycles. The van der Waals surface area contributed by atoms with Crippen LogP contribution in [0.1, 0.15) is 0 Å². The Morgan fingerprint density at radius 1 is 1.33 bits per heavy atom. The molecule has 2 aromatic rings. The Balaban J connectivity index is 2.83. The van der Waals surface area contributed by atoms with Gasteiger partial charge in [-0.15, -0.1) is 0 Å². The van der Waals surface area contributed by atoms with Gasteiger partial charge in [-0.25, -0.2) is 4.98 Å². The first-order valence-corrected chi connectivity index (χ1v) is 4.59. The van der Waals surface area contributed by atoms with Crippen LogP contribution in [0, 0.1) is 0 Å². The van der Waals surface area contributed by atoms with Crippen LogP contribution in [-0.4, -0.2) is 15.0 Å². The molecule has 62 valence electrons. The molecular formula is C6H2BrCl2N3. The number of hydrogen-bond donors (Lipinski definition) is 1. The number of pyridine rings is 1.